The highest BCUT2D eigenvalue weighted by molar-refractivity contribution is 7.93. The number of fused-ring (bicyclic) bond motifs is 2. The Hall–Kier alpha value is -3.20. The molecule has 0 fully saturated rings. The molecule has 1 aromatic carbocycles. The molecule has 0 aliphatic carbocycles. The Morgan fingerprint density at radius 3 is 2.79 bits per heavy atom. The second kappa shape index (κ2) is 6.15. The summed E-state index contributed by atoms with van der Waals surface area (Å²) in [5.74, 6) is 1.20. The van der Waals surface area contributed by atoms with Crippen LogP contribution in [-0.2, 0) is 15.8 Å². The lowest BCUT2D eigenvalue weighted by Crippen LogP contribution is -2.45. The van der Waals surface area contributed by atoms with Crippen molar-refractivity contribution in [3.63, 3.8) is 0 Å². The average molecular weight is 409 g/mol. The minimum Gasteiger partial charge on any atom is -0.482 e. The van der Waals surface area contributed by atoms with E-state index in [0.717, 1.165) is 40.1 Å². The summed E-state index contributed by atoms with van der Waals surface area (Å²) in [4.78, 5) is 18.2. The third kappa shape index (κ3) is 2.98. The predicted molar refractivity (Wildman–Crippen MR) is 111 cm³/mol. The number of nitrogens with one attached hydrogen (secondary N) is 1. The predicted octanol–water partition coefficient (Wildman–Crippen LogP) is 2.30. The van der Waals surface area contributed by atoms with Gasteiger partial charge in [0.15, 0.2) is 27.6 Å². The normalized spacial score (nSPS) is 20.2. The number of pyridine rings is 1. The van der Waals surface area contributed by atoms with E-state index in [0.29, 0.717) is 5.03 Å². The summed E-state index contributed by atoms with van der Waals surface area (Å²) in [6.07, 6.45) is 4.83. The van der Waals surface area contributed by atoms with Gasteiger partial charge in [0.25, 0.3) is 5.91 Å². The van der Waals surface area contributed by atoms with Crippen molar-refractivity contribution in [2.24, 2.45) is 0 Å². The maximum absolute atomic E-state index is 12.1. The van der Waals surface area contributed by atoms with E-state index < -0.39 is 11.0 Å². The summed E-state index contributed by atoms with van der Waals surface area (Å²) in [6, 6.07) is 7.85. The van der Waals surface area contributed by atoms with Crippen molar-refractivity contribution in [2.45, 2.75) is 19.4 Å². The van der Waals surface area contributed by atoms with E-state index in [9.17, 15) is 9.00 Å². The fraction of sp³-hybridized carbons (Fsp3) is 0.250. The summed E-state index contributed by atoms with van der Waals surface area (Å²) in [7, 11) is 0.412. The fourth-order valence-electron chi connectivity index (χ4n) is 3.80. The lowest BCUT2D eigenvalue weighted by atomic mass is 10.0. The van der Waals surface area contributed by atoms with Crippen LogP contribution in [0.1, 0.15) is 13.8 Å². The van der Waals surface area contributed by atoms with Crippen LogP contribution in [0.4, 0.5) is 5.82 Å². The highest BCUT2D eigenvalue weighted by atomic mass is 32.2. The van der Waals surface area contributed by atoms with E-state index >= 15 is 0 Å². The molecule has 0 saturated carbocycles. The van der Waals surface area contributed by atoms with Gasteiger partial charge in [-0.05, 0) is 37.6 Å². The van der Waals surface area contributed by atoms with Crippen molar-refractivity contribution < 1.29 is 13.7 Å². The molecule has 2 aliphatic heterocycles. The molecule has 1 N–H and O–H groups in total. The zero-order valence-electron chi connectivity index (χ0n) is 16.2. The Morgan fingerprint density at radius 2 is 2.03 bits per heavy atom. The highest BCUT2D eigenvalue weighted by Crippen LogP contribution is 2.37. The van der Waals surface area contributed by atoms with Crippen LogP contribution in [0.2, 0.25) is 0 Å². The number of rotatable bonds is 2. The molecule has 8 nitrogen and oxygen atoms in total. The lowest BCUT2D eigenvalue weighted by molar-refractivity contribution is -0.114. The number of benzene rings is 1. The Labute approximate surface area is 169 Å². The third-order valence-electron chi connectivity index (χ3n) is 4.95. The number of carbonyl (C=O) groups is 1. The average Bonchev–Trinajstić information content (AvgIpc) is 3.21. The van der Waals surface area contributed by atoms with Crippen LogP contribution in [0.25, 0.3) is 27.1 Å². The second-order valence-corrected chi connectivity index (χ2v) is 8.97. The number of hydrogen-bond acceptors (Lipinski definition) is 6. The number of anilines is 1. The second-order valence-electron chi connectivity index (χ2n) is 7.81. The van der Waals surface area contributed by atoms with Gasteiger partial charge in [0.2, 0.25) is 0 Å². The van der Waals surface area contributed by atoms with Gasteiger partial charge in [-0.3, -0.25) is 9.52 Å². The Balaban J connectivity index is 1.55. The molecule has 5 rings (SSSR count). The van der Waals surface area contributed by atoms with Gasteiger partial charge < -0.3 is 9.64 Å². The molecule has 0 saturated heterocycles. The van der Waals surface area contributed by atoms with Gasteiger partial charge in [-0.15, -0.1) is 0 Å². The molecule has 9 heteroatoms. The number of carbonyl (C=O) groups excluding carboxylic acids is 1. The molecule has 148 valence electrons. The standard InChI is InChI=1S/C20H19N5O3S/c1-20(2)11-24(3)19-16(28-20)7-13(9-21-19)12-4-5-15-14(6-12)10-22-25(15)18-8-17(26)23-29(18)27/h4-10H,11H2,1-3H3,(H,23,26). The summed E-state index contributed by atoms with van der Waals surface area (Å²) in [5.41, 5.74) is 2.39. The molecule has 2 aliphatic rings. The maximum atomic E-state index is 12.1. The van der Waals surface area contributed by atoms with Crippen molar-refractivity contribution in [3.8, 4) is 16.9 Å². The number of aromatic nitrogens is 3. The van der Waals surface area contributed by atoms with Crippen LogP contribution in [0.5, 0.6) is 5.75 Å². The molecule has 3 aromatic rings. The number of ether oxygens (including phenoxy) is 1. The molecule has 29 heavy (non-hydrogen) atoms. The SMILES string of the molecule is CN1CC(C)(C)Oc2cc(-c3ccc4c(cnn4C4=CC(=O)NS4=O)c3)cnc21. The van der Waals surface area contributed by atoms with Crippen LogP contribution in [0, 0.1) is 0 Å². The molecular weight excluding hydrogens is 390 g/mol. The molecular formula is C20H19N5O3S. The molecule has 1 amide bonds. The quantitative estimate of drug-likeness (QED) is 0.699. The van der Waals surface area contributed by atoms with Crippen molar-refractivity contribution >= 4 is 38.6 Å². The van der Waals surface area contributed by atoms with E-state index in [1.54, 1.807) is 6.20 Å². The van der Waals surface area contributed by atoms with Crippen molar-refractivity contribution in [2.75, 3.05) is 18.5 Å². The molecule has 0 radical (unpaired) electrons. The van der Waals surface area contributed by atoms with Crippen LogP contribution in [0.3, 0.4) is 0 Å². The van der Waals surface area contributed by atoms with E-state index in [-0.39, 0.29) is 11.5 Å². The minimum absolute atomic E-state index is 0.288. The van der Waals surface area contributed by atoms with Gasteiger partial charge in [0, 0.05) is 30.3 Å². The molecule has 4 heterocycles. The van der Waals surface area contributed by atoms with Crippen LogP contribution >= 0.6 is 0 Å². The number of nitrogens with zero attached hydrogens (tertiary/aromatic N) is 4. The fourth-order valence-corrected chi connectivity index (χ4v) is 4.66. The van der Waals surface area contributed by atoms with Gasteiger partial charge in [-0.2, -0.15) is 5.10 Å². The maximum Gasteiger partial charge on any atom is 0.258 e. The zero-order chi connectivity index (χ0) is 20.3. The topological polar surface area (TPSA) is 89.4 Å². The van der Waals surface area contributed by atoms with Crippen molar-refractivity contribution in [1.82, 2.24) is 19.5 Å². The molecule has 0 bridgehead atoms. The van der Waals surface area contributed by atoms with Gasteiger partial charge in [0.1, 0.15) is 5.60 Å². The van der Waals surface area contributed by atoms with Gasteiger partial charge in [-0.25, -0.2) is 13.9 Å². The monoisotopic (exact) mass is 409 g/mol. The van der Waals surface area contributed by atoms with Crippen LogP contribution in [-0.4, -0.2) is 44.1 Å². The Bertz CT molecular complexity index is 1230. The highest BCUT2D eigenvalue weighted by Gasteiger charge is 2.31. The molecule has 2 aromatic heterocycles. The Kier molecular flexibility index (Phi) is 3.79. The number of hydrogen-bond donors (Lipinski definition) is 1. The molecule has 1 unspecified atom stereocenters. The van der Waals surface area contributed by atoms with E-state index in [1.807, 2.05) is 37.5 Å². The first kappa shape index (κ1) is 17.9. The van der Waals surface area contributed by atoms with E-state index in [4.69, 9.17) is 4.74 Å². The van der Waals surface area contributed by atoms with Crippen molar-refractivity contribution in [1.29, 1.82) is 0 Å². The first-order chi connectivity index (χ1) is 13.8. The summed E-state index contributed by atoms with van der Waals surface area (Å²) >= 11 is 0. The summed E-state index contributed by atoms with van der Waals surface area (Å²) < 4.78 is 22.1. The van der Waals surface area contributed by atoms with E-state index in [1.165, 1.54) is 10.8 Å². The minimum atomic E-state index is -1.60. The van der Waals surface area contributed by atoms with Gasteiger partial charge >= 0.3 is 0 Å². The van der Waals surface area contributed by atoms with Crippen LogP contribution in [0.15, 0.2) is 42.7 Å². The smallest absolute Gasteiger partial charge is 0.258 e. The summed E-state index contributed by atoms with van der Waals surface area (Å²) in [5, 5.41) is 5.51. The number of likely N-dealkylation sites (N-methyl/N-ethyl adjacent to an activating group) is 1. The first-order valence-electron chi connectivity index (χ1n) is 9.14. The first-order valence-corrected chi connectivity index (χ1v) is 10.3. The molecule has 0 spiro atoms. The zero-order valence-corrected chi connectivity index (χ0v) is 17.0. The van der Waals surface area contributed by atoms with Crippen molar-refractivity contribution in [3.05, 3.63) is 42.7 Å². The number of amides is 1. The van der Waals surface area contributed by atoms with Crippen LogP contribution < -0.4 is 14.4 Å². The largest absolute Gasteiger partial charge is 0.482 e. The summed E-state index contributed by atoms with van der Waals surface area (Å²) in [6.45, 7) is 4.88. The van der Waals surface area contributed by atoms with Gasteiger partial charge in [0.05, 0.1) is 18.3 Å². The Morgan fingerprint density at radius 1 is 1.21 bits per heavy atom. The third-order valence-corrected chi connectivity index (χ3v) is 6.00. The van der Waals surface area contributed by atoms with Gasteiger partial charge in [-0.1, -0.05) is 6.07 Å². The molecule has 1 atom stereocenters. The van der Waals surface area contributed by atoms with E-state index in [2.05, 4.69) is 33.6 Å². The lowest BCUT2D eigenvalue weighted by Gasteiger charge is -2.38.